The van der Waals surface area contributed by atoms with Gasteiger partial charge in [0.2, 0.25) is 0 Å². The van der Waals surface area contributed by atoms with E-state index in [1.807, 2.05) is 12.2 Å². The molecule has 0 aromatic heterocycles. The van der Waals surface area contributed by atoms with Crippen molar-refractivity contribution in [3.8, 4) is 0 Å². The number of carbonyl (C=O) groups is 3. The molecule has 1 atom stereocenters. The first kappa shape index (κ1) is 51.8. The van der Waals surface area contributed by atoms with Crippen LogP contribution in [-0.4, -0.2) is 37.2 Å². The maximum absolute atomic E-state index is 12.6. The zero-order chi connectivity index (χ0) is 40.8. The lowest BCUT2D eigenvalue weighted by molar-refractivity contribution is -0.166. The van der Waals surface area contributed by atoms with Crippen LogP contribution in [0.4, 0.5) is 0 Å². The normalized spacial score (nSPS) is 13.3. The number of carbonyl (C=O) groups excluding carboxylic acids is 3. The van der Waals surface area contributed by atoms with E-state index in [1.165, 1.54) is 19.3 Å². The molecule has 312 valence electrons. The first-order valence-electron chi connectivity index (χ1n) is 21.6. The van der Waals surface area contributed by atoms with Gasteiger partial charge in [-0.2, -0.15) is 0 Å². The van der Waals surface area contributed by atoms with Crippen LogP contribution >= 0.6 is 0 Å². The van der Waals surface area contributed by atoms with Gasteiger partial charge in [-0.15, -0.1) is 0 Å². The molecule has 0 aromatic carbocycles. The van der Waals surface area contributed by atoms with E-state index < -0.39 is 18.0 Å². The monoisotopic (exact) mass is 773 g/mol. The van der Waals surface area contributed by atoms with Gasteiger partial charge >= 0.3 is 17.9 Å². The molecule has 0 fully saturated rings. The third kappa shape index (κ3) is 41.0. The summed E-state index contributed by atoms with van der Waals surface area (Å²) in [4.78, 5) is 37.5. The third-order valence-electron chi connectivity index (χ3n) is 8.31. The number of rotatable bonds is 36. The average Bonchev–Trinajstić information content (AvgIpc) is 3.19. The van der Waals surface area contributed by atoms with Gasteiger partial charge in [-0.05, 0) is 83.5 Å². The van der Waals surface area contributed by atoms with Crippen molar-refractivity contribution in [3.63, 3.8) is 0 Å². The number of esters is 3. The highest BCUT2D eigenvalue weighted by atomic mass is 16.6. The number of hydrogen-bond acceptors (Lipinski definition) is 6. The summed E-state index contributed by atoms with van der Waals surface area (Å²) in [5, 5.41) is 0. The van der Waals surface area contributed by atoms with Crippen LogP contribution in [-0.2, 0) is 28.6 Å². The molecule has 1 unspecified atom stereocenters. The molecule has 0 saturated heterocycles. The molecule has 0 saturated carbocycles. The van der Waals surface area contributed by atoms with Crippen molar-refractivity contribution >= 4 is 17.9 Å². The van der Waals surface area contributed by atoms with E-state index in [0.29, 0.717) is 12.8 Å². The summed E-state index contributed by atoms with van der Waals surface area (Å²) >= 11 is 0. The van der Waals surface area contributed by atoms with E-state index in [4.69, 9.17) is 14.2 Å². The van der Waals surface area contributed by atoms with Crippen LogP contribution in [0.5, 0.6) is 0 Å². The highest BCUT2D eigenvalue weighted by molar-refractivity contribution is 5.72. The summed E-state index contributed by atoms with van der Waals surface area (Å²) < 4.78 is 16.5. The lowest BCUT2D eigenvalue weighted by Gasteiger charge is -2.18. The van der Waals surface area contributed by atoms with E-state index in [1.54, 1.807) is 6.08 Å². The van der Waals surface area contributed by atoms with Crippen LogP contribution in [0.25, 0.3) is 0 Å². The molecule has 0 N–H and O–H groups in total. The van der Waals surface area contributed by atoms with E-state index in [9.17, 15) is 14.4 Å². The van der Waals surface area contributed by atoms with Crippen molar-refractivity contribution in [2.75, 3.05) is 13.2 Å². The highest BCUT2D eigenvalue weighted by Crippen LogP contribution is 2.10. The summed E-state index contributed by atoms with van der Waals surface area (Å²) in [5.41, 5.74) is 0. The maximum atomic E-state index is 12.6. The summed E-state index contributed by atoms with van der Waals surface area (Å²) in [7, 11) is 0. The van der Waals surface area contributed by atoms with E-state index in [-0.39, 0.29) is 32.0 Å². The third-order valence-corrected chi connectivity index (χ3v) is 8.31. The topological polar surface area (TPSA) is 78.9 Å². The molecule has 0 rings (SSSR count). The molecule has 0 aliphatic rings. The predicted molar refractivity (Wildman–Crippen MR) is 237 cm³/mol. The Kier molecular flexibility index (Phi) is 40.3. The Bertz CT molecular complexity index is 1260. The molecule has 0 amide bonds. The molecular weight excluding hydrogens is 697 g/mol. The van der Waals surface area contributed by atoms with Gasteiger partial charge in [-0.1, -0.05) is 174 Å². The van der Waals surface area contributed by atoms with E-state index >= 15 is 0 Å². The molecule has 0 radical (unpaired) electrons. The SMILES string of the molecule is CC/C=C\C/C=C\C/C=C\CCCC(=O)OC(COC(=O)C/C=C\C/C=C\C/C=C\CC)COC(=O)CCCCCCC\C=C/C=C\C=C/C=C\CCCCC. The Morgan fingerprint density at radius 2 is 0.857 bits per heavy atom. The Balaban J connectivity index is 4.54. The minimum absolute atomic E-state index is 0.114. The number of ether oxygens (including phenoxy) is 3. The lowest BCUT2D eigenvalue weighted by atomic mass is 10.1. The molecule has 0 bridgehead atoms. The van der Waals surface area contributed by atoms with Crippen LogP contribution < -0.4 is 0 Å². The summed E-state index contributed by atoms with van der Waals surface area (Å²) in [6, 6.07) is 0. The molecular formula is C50H76O6. The Hall–Kier alpha value is -4.19. The maximum Gasteiger partial charge on any atom is 0.309 e. The fraction of sp³-hybridized carbons (Fsp3) is 0.540. The number of unbranched alkanes of at least 4 members (excludes halogenated alkanes) is 9. The molecule has 0 spiro atoms. The molecule has 6 nitrogen and oxygen atoms in total. The van der Waals surface area contributed by atoms with Gasteiger partial charge in [0.25, 0.3) is 0 Å². The van der Waals surface area contributed by atoms with Crippen LogP contribution in [0.3, 0.4) is 0 Å². The van der Waals surface area contributed by atoms with Gasteiger partial charge in [0.1, 0.15) is 13.2 Å². The van der Waals surface area contributed by atoms with Gasteiger partial charge in [0, 0.05) is 12.8 Å². The van der Waals surface area contributed by atoms with Gasteiger partial charge in [0.05, 0.1) is 6.42 Å². The molecule has 0 aliphatic carbocycles. The van der Waals surface area contributed by atoms with Gasteiger partial charge in [-0.25, -0.2) is 0 Å². The smallest absolute Gasteiger partial charge is 0.309 e. The van der Waals surface area contributed by atoms with Crippen molar-refractivity contribution < 1.29 is 28.6 Å². The summed E-state index contributed by atoms with van der Waals surface area (Å²) in [6.07, 6.45) is 59.4. The Morgan fingerprint density at radius 1 is 0.411 bits per heavy atom. The van der Waals surface area contributed by atoms with Crippen LogP contribution in [0, 0.1) is 0 Å². The first-order chi connectivity index (χ1) is 27.5. The minimum Gasteiger partial charge on any atom is -0.462 e. The molecule has 0 aliphatic heterocycles. The highest BCUT2D eigenvalue weighted by Gasteiger charge is 2.19. The second-order valence-corrected chi connectivity index (χ2v) is 13.6. The predicted octanol–water partition coefficient (Wildman–Crippen LogP) is 13.8. The van der Waals surface area contributed by atoms with Gasteiger partial charge in [-0.3, -0.25) is 14.4 Å². The average molecular weight is 773 g/mol. The quantitative estimate of drug-likeness (QED) is 0.0207. The molecule has 6 heteroatoms. The fourth-order valence-corrected chi connectivity index (χ4v) is 5.12. The van der Waals surface area contributed by atoms with Gasteiger partial charge < -0.3 is 14.2 Å². The van der Waals surface area contributed by atoms with Gasteiger partial charge in [0.15, 0.2) is 6.10 Å². The van der Waals surface area contributed by atoms with Crippen LogP contribution in [0.2, 0.25) is 0 Å². The van der Waals surface area contributed by atoms with Crippen molar-refractivity contribution in [2.24, 2.45) is 0 Å². The van der Waals surface area contributed by atoms with Crippen molar-refractivity contribution in [1.29, 1.82) is 0 Å². The summed E-state index contributed by atoms with van der Waals surface area (Å²) in [5.74, 6) is -1.17. The molecule has 0 heterocycles. The fourth-order valence-electron chi connectivity index (χ4n) is 5.12. The largest absolute Gasteiger partial charge is 0.462 e. The van der Waals surface area contributed by atoms with E-state index in [0.717, 1.165) is 89.9 Å². The van der Waals surface area contributed by atoms with Crippen molar-refractivity contribution in [1.82, 2.24) is 0 Å². The first-order valence-corrected chi connectivity index (χ1v) is 21.6. The zero-order valence-electron chi connectivity index (χ0n) is 35.3. The van der Waals surface area contributed by atoms with Crippen LogP contribution in [0.1, 0.15) is 156 Å². The standard InChI is InChI=1S/C50H76O6/c1-4-7-10-13-16-19-21-22-23-24-25-26-27-29-31-34-37-40-43-49(52)55-46-47(45-54-48(51)42-39-36-33-30-18-15-12-9-6-3)56-50(53)44-41-38-35-32-28-20-17-14-11-8-5-2/h8-9,11-12,16-26,30,32,35-36,39,47H,4-7,10,13-15,27-29,31,33-34,37-38,40-46H2,1-3H3/b11-8-,12-9-,19-16-,20-17-,22-21-,24-23-,26-25-,30-18-,35-32-,39-36-. The molecule has 56 heavy (non-hydrogen) atoms. The minimum atomic E-state index is -0.850. The number of allylic oxidation sites excluding steroid dienone is 19. The van der Waals surface area contributed by atoms with E-state index in [2.05, 4.69) is 124 Å². The van der Waals surface area contributed by atoms with Crippen LogP contribution in [0.15, 0.2) is 122 Å². The lowest BCUT2D eigenvalue weighted by Crippen LogP contribution is -2.30. The second-order valence-electron chi connectivity index (χ2n) is 13.6. The zero-order valence-corrected chi connectivity index (χ0v) is 35.3. The summed E-state index contributed by atoms with van der Waals surface area (Å²) in [6.45, 7) is 6.15. The second kappa shape index (κ2) is 43.5. The Morgan fingerprint density at radius 3 is 1.45 bits per heavy atom. The van der Waals surface area contributed by atoms with Crippen molar-refractivity contribution in [2.45, 2.75) is 162 Å². The Labute approximate surface area is 342 Å². The molecule has 0 aromatic rings. The van der Waals surface area contributed by atoms with Crippen molar-refractivity contribution in [3.05, 3.63) is 122 Å². The number of hydrogen-bond donors (Lipinski definition) is 0.